The van der Waals surface area contributed by atoms with Gasteiger partial charge >= 0.3 is 0 Å². The van der Waals surface area contributed by atoms with E-state index in [1.807, 2.05) is 6.92 Å². The van der Waals surface area contributed by atoms with Gasteiger partial charge < -0.3 is 16.2 Å². The Morgan fingerprint density at radius 1 is 1.35 bits per heavy atom. The number of nitrogens with zero attached hydrogens (tertiary/aromatic N) is 1. The molecule has 3 atom stereocenters. The first-order valence-electron chi connectivity index (χ1n) is 6.78. The lowest BCUT2D eigenvalue weighted by Crippen LogP contribution is -2.56. The van der Waals surface area contributed by atoms with E-state index in [9.17, 15) is 5.11 Å². The Kier molecular flexibility index (Phi) is 5.38. The van der Waals surface area contributed by atoms with Gasteiger partial charge in [0.25, 0.3) is 0 Å². The highest BCUT2D eigenvalue weighted by Gasteiger charge is 2.38. The molecule has 0 aromatic carbocycles. The number of nitrogens with one attached hydrogen (secondary N) is 1. The minimum Gasteiger partial charge on any atom is -0.393 e. The second-order valence-electron chi connectivity index (χ2n) is 5.93. The minimum absolute atomic E-state index is 0.0403. The molecule has 1 saturated heterocycles. The van der Waals surface area contributed by atoms with Crippen molar-refractivity contribution in [1.29, 1.82) is 0 Å². The summed E-state index contributed by atoms with van der Waals surface area (Å²) in [6.07, 6.45) is 1.63. The van der Waals surface area contributed by atoms with Crippen molar-refractivity contribution >= 4 is 0 Å². The van der Waals surface area contributed by atoms with E-state index in [2.05, 4.69) is 31.0 Å². The van der Waals surface area contributed by atoms with Crippen LogP contribution in [-0.4, -0.2) is 53.4 Å². The Bertz CT molecular complexity index is 233. The molecular formula is C13H29N3O. The SMILES string of the molecule is CC(O)CC(C)NC1(CN)CCN(C(C)C)C1. The van der Waals surface area contributed by atoms with Crippen molar-refractivity contribution in [3.05, 3.63) is 0 Å². The number of aliphatic hydroxyl groups is 1. The molecule has 1 heterocycles. The molecule has 0 amide bonds. The molecule has 4 heteroatoms. The van der Waals surface area contributed by atoms with Crippen LogP contribution in [0.3, 0.4) is 0 Å². The van der Waals surface area contributed by atoms with Crippen LogP contribution in [0.1, 0.15) is 40.5 Å². The summed E-state index contributed by atoms with van der Waals surface area (Å²) in [4.78, 5) is 2.47. The van der Waals surface area contributed by atoms with Crippen molar-refractivity contribution in [3.63, 3.8) is 0 Å². The van der Waals surface area contributed by atoms with E-state index in [1.165, 1.54) is 0 Å². The molecule has 0 aromatic rings. The zero-order valence-corrected chi connectivity index (χ0v) is 11.7. The largest absolute Gasteiger partial charge is 0.393 e. The molecule has 1 aliphatic heterocycles. The summed E-state index contributed by atoms with van der Waals surface area (Å²) in [5, 5.41) is 13.0. The predicted molar refractivity (Wildman–Crippen MR) is 72.0 cm³/mol. The Morgan fingerprint density at radius 3 is 2.41 bits per heavy atom. The summed E-state index contributed by atoms with van der Waals surface area (Å²) < 4.78 is 0. The molecule has 0 saturated carbocycles. The fraction of sp³-hybridized carbons (Fsp3) is 1.00. The highest BCUT2D eigenvalue weighted by Crippen LogP contribution is 2.23. The summed E-state index contributed by atoms with van der Waals surface area (Å²) in [5.41, 5.74) is 6.00. The van der Waals surface area contributed by atoms with Crippen LogP contribution in [0, 0.1) is 0 Å². The molecule has 1 rings (SSSR count). The lowest BCUT2D eigenvalue weighted by molar-refractivity contribution is 0.157. The summed E-state index contributed by atoms with van der Waals surface area (Å²) in [6, 6.07) is 0.892. The number of aliphatic hydroxyl groups excluding tert-OH is 1. The van der Waals surface area contributed by atoms with E-state index in [1.54, 1.807) is 0 Å². The third kappa shape index (κ3) is 4.21. The average Bonchev–Trinajstić information content (AvgIpc) is 2.61. The lowest BCUT2D eigenvalue weighted by Gasteiger charge is -2.34. The molecular weight excluding hydrogens is 214 g/mol. The van der Waals surface area contributed by atoms with Gasteiger partial charge in [0.15, 0.2) is 0 Å². The molecule has 0 spiro atoms. The molecule has 17 heavy (non-hydrogen) atoms. The number of rotatable bonds is 6. The zero-order valence-electron chi connectivity index (χ0n) is 11.7. The zero-order chi connectivity index (χ0) is 13.1. The van der Waals surface area contributed by atoms with Gasteiger partial charge in [-0.3, -0.25) is 4.90 Å². The Hall–Kier alpha value is -0.160. The van der Waals surface area contributed by atoms with E-state index in [0.717, 1.165) is 25.9 Å². The smallest absolute Gasteiger partial charge is 0.0526 e. The molecule has 3 unspecified atom stereocenters. The fourth-order valence-corrected chi connectivity index (χ4v) is 2.78. The minimum atomic E-state index is -0.255. The molecule has 0 bridgehead atoms. The Labute approximate surface area is 106 Å². The van der Waals surface area contributed by atoms with E-state index in [0.29, 0.717) is 18.6 Å². The number of likely N-dealkylation sites (tertiary alicyclic amines) is 1. The van der Waals surface area contributed by atoms with Crippen molar-refractivity contribution in [1.82, 2.24) is 10.2 Å². The van der Waals surface area contributed by atoms with Crippen LogP contribution in [0.5, 0.6) is 0 Å². The summed E-state index contributed by atoms with van der Waals surface area (Å²) in [7, 11) is 0. The van der Waals surface area contributed by atoms with Gasteiger partial charge in [-0.2, -0.15) is 0 Å². The quantitative estimate of drug-likeness (QED) is 0.637. The maximum Gasteiger partial charge on any atom is 0.0526 e. The van der Waals surface area contributed by atoms with Gasteiger partial charge in [0, 0.05) is 37.3 Å². The molecule has 4 N–H and O–H groups in total. The normalized spacial score (nSPS) is 29.8. The van der Waals surface area contributed by atoms with E-state index in [4.69, 9.17) is 5.73 Å². The van der Waals surface area contributed by atoms with Crippen LogP contribution < -0.4 is 11.1 Å². The molecule has 0 aromatic heterocycles. The molecule has 4 nitrogen and oxygen atoms in total. The monoisotopic (exact) mass is 243 g/mol. The van der Waals surface area contributed by atoms with Crippen molar-refractivity contribution in [2.45, 2.75) is 64.3 Å². The predicted octanol–water partition coefficient (Wildman–Crippen LogP) is 0.547. The van der Waals surface area contributed by atoms with Gasteiger partial charge in [-0.15, -0.1) is 0 Å². The standard InChI is InChI=1S/C13H29N3O/c1-10(2)16-6-5-13(8-14,9-16)15-11(3)7-12(4)17/h10-12,15,17H,5-9,14H2,1-4H3. The first-order chi connectivity index (χ1) is 7.88. The summed E-state index contributed by atoms with van der Waals surface area (Å²) in [6.45, 7) is 11.2. The fourth-order valence-electron chi connectivity index (χ4n) is 2.78. The van der Waals surface area contributed by atoms with Crippen molar-refractivity contribution < 1.29 is 5.11 Å². The van der Waals surface area contributed by atoms with Gasteiger partial charge in [-0.25, -0.2) is 0 Å². The Balaban J connectivity index is 2.53. The van der Waals surface area contributed by atoms with Gasteiger partial charge in [0.2, 0.25) is 0 Å². The third-order valence-electron chi connectivity index (χ3n) is 3.75. The van der Waals surface area contributed by atoms with E-state index in [-0.39, 0.29) is 11.6 Å². The second-order valence-corrected chi connectivity index (χ2v) is 5.93. The van der Waals surface area contributed by atoms with Crippen molar-refractivity contribution in [2.24, 2.45) is 5.73 Å². The van der Waals surface area contributed by atoms with Crippen LogP contribution >= 0.6 is 0 Å². The third-order valence-corrected chi connectivity index (χ3v) is 3.75. The van der Waals surface area contributed by atoms with Gasteiger partial charge in [-0.05, 0) is 40.5 Å². The van der Waals surface area contributed by atoms with Crippen molar-refractivity contribution in [3.8, 4) is 0 Å². The first-order valence-corrected chi connectivity index (χ1v) is 6.78. The number of nitrogens with two attached hydrogens (primary N) is 1. The highest BCUT2D eigenvalue weighted by atomic mass is 16.3. The molecule has 0 aliphatic carbocycles. The maximum absolute atomic E-state index is 9.41. The molecule has 102 valence electrons. The second kappa shape index (κ2) is 6.14. The van der Waals surface area contributed by atoms with Crippen LogP contribution in [0.4, 0.5) is 0 Å². The van der Waals surface area contributed by atoms with Crippen LogP contribution in [0.2, 0.25) is 0 Å². The van der Waals surface area contributed by atoms with Crippen LogP contribution in [0.25, 0.3) is 0 Å². The maximum atomic E-state index is 9.41. The highest BCUT2D eigenvalue weighted by molar-refractivity contribution is 5.00. The number of hydrogen-bond acceptors (Lipinski definition) is 4. The lowest BCUT2D eigenvalue weighted by atomic mass is 9.96. The van der Waals surface area contributed by atoms with E-state index >= 15 is 0 Å². The van der Waals surface area contributed by atoms with E-state index < -0.39 is 0 Å². The van der Waals surface area contributed by atoms with Crippen LogP contribution in [0.15, 0.2) is 0 Å². The van der Waals surface area contributed by atoms with Gasteiger partial charge in [-0.1, -0.05) is 0 Å². The van der Waals surface area contributed by atoms with Crippen molar-refractivity contribution in [2.75, 3.05) is 19.6 Å². The average molecular weight is 243 g/mol. The first kappa shape index (κ1) is 14.9. The molecule has 1 fully saturated rings. The van der Waals surface area contributed by atoms with Gasteiger partial charge in [0.05, 0.1) is 6.10 Å². The summed E-state index contributed by atoms with van der Waals surface area (Å²) in [5.74, 6) is 0. The number of hydrogen-bond donors (Lipinski definition) is 3. The van der Waals surface area contributed by atoms with Crippen LogP contribution in [-0.2, 0) is 0 Å². The van der Waals surface area contributed by atoms with Gasteiger partial charge in [0.1, 0.15) is 0 Å². The topological polar surface area (TPSA) is 61.5 Å². The molecule has 1 aliphatic rings. The molecule has 0 radical (unpaired) electrons. The Morgan fingerprint density at radius 2 is 2.00 bits per heavy atom. The summed E-state index contributed by atoms with van der Waals surface area (Å²) >= 11 is 0.